The number of hydrogen-bond donors (Lipinski definition) is 2. The van der Waals surface area contributed by atoms with E-state index in [-0.39, 0.29) is 17.4 Å². The van der Waals surface area contributed by atoms with Crippen molar-refractivity contribution in [2.75, 3.05) is 11.1 Å². The molecule has 128 valence electrons. The minimum absolute atomic E-state index is 0.120. The fourth-order valence-corrected chi connectivity index (χ4v) is 2.99. The molecule has 0 aliphatic heterocycles. The third kappa shape index (κ3) is 3.88. The topological polar surface area (TPSA) is 85.8 Å². The summed E-state index contributed by atoms with van der Waals surface area (Å²) in [4.78, 5) is 12.5. The van der Waals surface area contributed by atoms with Crippen molar-refractivity contribution in [1.29, 1.82) is 0 Å². The molecule has 0 aliphatic carbocycles. The van der Waals surface area contributed by atoms with Crippen LogP contribution in [-0.4, -0.2) is 20.9 Å². The molecular formula is C18H18BrN5O. The molecule has 3 N–H and O–H groups in total. The van der Waals surface area contributed by atoms with Gasteiger partial charge in [0.2, 0.25) is 0 Å². The molecule has 0 saturated heterocycles. The molecule has 2 aromatic carbocycles. The highest BCUT2D eigenvalue weighted by Crippen LogP contribution is 2.19. The first-order chi connectivity index (χ1) is 11.9. The van der Waals surface area contributed by atoms with E-state index in [0.717, 1.165) is 26.9 Å². The first-order valence-corrected chi connectivity index (χ1v) is 8.55. The Balaban J connectivity index is 1.79. The number of nitrogens with two attached hydrogens (primary N) is 1. The number of anilines is 2. The molecule has 1 heterocycles. The second-order valence-electron chi connectivity index (χ2n) is 5.88. The predicted octanol–water partition coefficient (Wildman–Crippen LogP) is 3.54. The van der Waals surface area contributed by atoms with Gasteiger partial charge in [0.05, 0.1) is 6.54 Å². The zero-order chi connectivity index (χ0) is 18.0. The largest absolute Gasteiger partial charge is 0.382 e. The highest BCUT2D eigenvalue weighted by molar-refractivity contribution is 9.10. The molecule has 0 saturated carbocycles. The smallest absolute Gasteiger partial charge is 0.280 e. The third-order valence-electron chi connectivity index (χ3n) is 3.84. The lowest BCUT2D eigenvalue weighted by molar-refractivity contribution is 0.102. The Morgan fingerprint density at radius 3 is 2.76 bits per heavy atom. The van der Waals surface area contributed by atoms with E-state index in [1.165, 1.54) is 4.68 Å². The van der Waals surface area contributed by atoms with E-state index in [1.807, 2.05) is 56.3 Å². The van der Waals surface area contributed by atoms with E-state index >= 15 is 0 Å². The van der Waals surface area contributed by atoms with Crippen LogP contribution < -0.4 is 11.1 Å². The summed E-state index contributed by atoms with van der Waals surface area (Å²) >= 11 is 3.43. The van der Waals surface area contributed by atoms with Gasteiger partial charge in [0.15, 0.2) is 11.5 Å². The van der Waals surface area contributed by atoms with Crippen molar-refractivity contribution in [3.8, 4) is 0 Å². The van der Waals surface area contributed by atoms with Crippen LogP contribution in [0.5, 0.6) is 0 Å². The molecule has 0 unspecified atom stereocenters. The maximum absolute atomic E-state index is 12.5. The number of hydrogen-bond acceptors (Lipinski definition) is 4. The van der Waals surface area contributed by atoms with Gasteiger partial charge in [0, 0.05) is 10.2 Å². The van der Waals surface area contributed by atoms with Crippen molar-refractivity contribution in [3.05, 3.63) is 69.3 Å². The Morgan fingerprint density at radius 1 is 1.24 bits per heavy atom. The number of carbonyl (C=O) groups excluding carboxylic acids is 1. The van der Waals surface area contributed by atoms with Gasteiger partial charge < -0.3 is 11.1 Å². The van der Waals surface area contributed by atoms with Gasteiger partial charge in [-0.05, 0) is 43.2 Å². The summed E-state index contributed by atoms with van der Waals surface area (Å²) in [5.74, 6) is -0.132. The number of aryl methyl sites for hydroxylation is 2. The van der Waals surface area contributed by atoms with Crippen molar-refractivity contribution in [2.24, 2.45) is 0 Å². The van der Waals surface area contributed by atoms with Gasteiger partial charge in [0.25, 0.3) is 5.91 Å². The van der Waals surface area contributed by atoms with Crippen molar-refractivity contribution >= 4 is 33.3 Å². The van der Waals surface area contributed by atoms with Crippen LogP contribution in [0.4, 0.5) is 11.5 Å². The monoisotopic (exact) mass is 399 g/mol. The van der Waals surface area contributed by atoms with Crippen LogP contribution in [0.2, 0.25) is 0 Å². The summed E-state index contributed by atoms with van der Waals surface area (Å²) in [7, 11) is 0. The Morgan fingerprint density at radius 2 is 2.04 bits per heavy atom. The fraction of sp³-hybridized carbons (Fsp3) is 0.167. The van der Waals surface area contributed by atoms with Gasteiger partial charge in [-0.2, -0.15) is 0 Å². The first kappa shape index (κ1) is 17.2. The van der Waals surface area contributed by atoms with E-state index in [4.69, 9.17) is 5.73 Å². The average Bonchev–Trinajstić information content (AvgIpc) is 2.91. The Labute approximate surface area is 154 Å². The molecule has 0 aliphatic rings. The summed E-state index contributed by atoms with van der Waals surface area (Å²) < 4.78 is 2.48. The Kier molecular flexibility index (Phi) is 4.85. The van der Waals surface area contributed by atoms with Gasteiger partial charge >= 0.3 is 0 Å². The molecule has 6 nitrogen and oxygen atoms in total. The van der Waals surface area contributed by atoms with Gasteiger partial charge in [-0.15, -0.1) is 5.10 Å². The van der Waals surface area contributed by atoms with Crippen molar-refractivity contribution in [3.63, 3.8) is 0 Å². The van der Waals surface area contributed by atoms with Gasteiger partial charge in [-0.3, -0.25) is 4.79 Å². The van der Waals surface area contributed by atoms with Crippen molar-refractivity contribution in [2.45, 2.75) is 20.4 Å². The fourth-order valence-electron chi connectivity index (χ4n) is 2.54. The summed E-state index contributed by atoms with van der Waals surface area (Å²) in [6.07, 6.45) is 0. The third-order valence-corrected chi connectivity index (χ3v) is 4.33. The molecule has 1 amide bonds. The molecular weight excluding hydrogens is 382 g/mol. The van der Waals surface area contributed by atoms with E-state index in [2.05, 4.69) is 31.6 Å². The second kappa shape index (κ2) is 7.06. The average molecular weight is 400 g/mol. The lowest BCUT2D eigenvalue weighted by Gasteiger charge is -2.08. The number of aromatic nitrogens is 3. The van der Waals surface area contributed by atoms with Gasteiger partial charge in [0.1, 0.15) is 0 Å². The molecule has 0 radical (unpaired) electrons. The van der Waals surface area contributed by atoms with Crippen molar-refractivity contribution in [1.82, 2.24) is 15.0 Å². The first-order valence-electron chi connectivity index (χ1n) is 7.76. The molecule has 25 heavy (non-hydrogen) atoms. The maximum Gasteiger partial charge on any atom is 0.280 e. The summed E-state index contributed by atoms with van der Waals surface area (Å²) in [5, 5.41) is 10.8. The number of nitrogens with one attached hydrogen (secondary N) is 1. The zero-order valence-electron chi connectivity index (χ0n) is 14.0. The minimum atomic E-state index is -0.370. The van der Waals surface area contributed by atoms with E-state index in [1.54, 1.807) is 0 Å². The second-order valence-corrected chi connectivity index (χ2v) is 6.80. The predicted molar refractivity (Wildman–Crippen MR) is 102 cm³/mol. The van der Waals surface area contributed by atoms with Crippen LogP contribution in [-0.2, 0) is 6.54 Å². The number of rotatable bonds is 4. The Hall–Kier alpha value is -2.67. The summed E-state index contributed by atoms with van der Waals surface area (Å²) in [5.41, 5.74) is 10.0. The quantitative estimate of drug-likeness (QED) is 0.702. The number of amides is 1. The van der Waals surface area contributed by atoms with Gasteiger partial charge in [-0.25, -0.2) is 4.68 Å². The number of benzene rings is 2. The summed E-state index contributed by atoms with van der Waals surface area (Å²) in [6.45, 7) is 4.38. The lowest BCUT2D eigenvalue weighted by Crippen LogP contribution is -2.16. The molecule has 0 fully saturated rings. The van der Waals surface area contributed by atoms with Crippen LogP contribution in [0.3, 0.4) is 0 Å². The highest BCUT2D eigenvalue weighted by Gasteiger charge is 2.18. The molecule has 0 atom stereocenters. The molecule has 0 spiro atoms. The maximum atomic E-state index is 12.5. The van der Waals surface area contributed by atoms with E-state index in [9.17, 15) is 4.79 Å². The normalized spacial score (nSPS) is 10.7. The van der Waals surface area contributed by atoms with Crippen LogP contribution in [0.15, 0.2) is 46.9 Å². The number of carbonyl (C=O) groups is 1. The van der Waals surface area contributed by atoms with Crippen molar-refractivity contribution < 1.29 is 4.79 Å². The van der Waals surface area contributed by atoms with E-state index < -0.39 is 0 Å². The van der Waals surface area contributed by atoms with E-state index in [0.29, 0.717) is 6.54 Å². The molecule has 1 aromatic heterocycles. The SMILES string of the molecule is Cc1ccc(NC(=O)c2nnn(Cc3cccc(Br)c3)c2N)c(C)c1. The highest BCUT2D eigenvalue weighted by atomic mass is 79.9. The van der Waals surface area contributed by atoms with Crippen LogP contribution >= 0.6 is 15.9 Å². The number of nitrogen functional groups attached to an aromatic ring is 1. The lowest BCUT2D eigenvalue weighted by atomic mass is 10.1. The molecule has 3 aromatic rings. The standard InChI is InChI=1S/C18H18BrN5O/c1-11-6-7-15(12(2)8-11)21-18(25)16-17(20)24(23-22-16)10-13-4-3-5-14(19)9-13/h3-9H,10,20H2,1-2H3,(H,21,25). The molecule has 3 rings (SSSR count). The zero-order valence-corrected chi connectivity index (χ0v) is 15.5. The van der Waals surface area contributed by atoms with Gasteiger partial charge in [-0.1, -0.05) is 51.0 Å². The van der Waals surface area contributed by atoms with Crippen LogP contribution in [0.1, 0.15) is 27.2 Å². The Bertz CT molecular complexity index is 935. The number of nitrogens with zero attached hydrogens (tertiary/aromatic N) is 3. The van der Waals surface area contributed by atoms with Crippen LogP contribution in [0, 0.1) is 13.8 Å². The summed E-state index contributed by atoms with van der Waals surface area (Å²) in [6, 6.07) is 13.6. The molecule has 7 heteroatoms. The number of halogens is 1. The minimum Gasteiger partial charge on any atom is -0.382 e. The van der Waals surface area contributed by atoms with Crippen LogP contribution in [0.25, 0.3) is 0 Å². The molecule has 0 bridgehead atoms.